The number of benzene rings is 3. The SMILES string of the molecule is CCC(Oc1c(-c2ccc(C(C)(C)C)cc2)oc2ccccc2c1=O)C(=O)Nc1cc(Cl)cc(Cl)c1. The Balaban J connectivity index is 1.75. The third kappa shape index (κ3) is 5.58. The van der Waals surface area contributed by atoms with Gasteiger partial charge in [-0.05, 0) is 47.7 Å². The first kappa shape index (κ1) is 25.8. The fraction of sp³-hybridized carbons (Fsp3) is 0.241. The lowest BCUT2D eigenvalue weighted by molar-refractivity contribution is -0.122. The van der Waals surface area contributed by atoms with Gasteiger partial charge in [-0.1, -0.05) is 87.3 Å². The molecule has 0 aliphatic heterocycles. The van der Waals surface area contributed by atoms with Crippen LogP contribution in [0.5, 0.6) is 5.75 Å². The van der Waals surface area contributed by atoms with Gasteiger partial charge in [-0.3, -0.25) is 9.59 Å². The van der Waals surface area contributed by atoms with E-state index in [0.29, 0.717) is 38.7 Å². The molecule has 1 unspecified atom stereocenters. The fourth-order valence-electron chi connectivity index (χ4n) is 3.86. The Hall–Kier alpha value is -3.28. The summed E-state index contributed by atoms with van der Waals surface area (Å²) in [5.41, 5.74) is 2.32. The fourth-order valence-corrected chi connectivity index (χ4v) is 4.38. The van der Waals surface area contributed by atoms with Crippen LogP contribution in [-0.4, -0.2) is 12.0 Å². The summed E-state index contributed by atoms with van der Waals surface area (Å²) in [7, 11) is 0. The summed E-state index contributed by atoms with van der Waals surface area (Å²) in [5, 5.41) is 3.93. The highest BCUT2D eigenvalue weighted by Crippen LogP contribution is 2.33. The molecular formula is C29H27Cl2NO4. The number of para-hydroxylation sites is 1. The molecule has 0 saturated carbocycles. The Kier molecular flexibility index (Phi) is 7.43. The minimum Gasteiger partial charge on any atom is -0.473 e. The maximum atomic E-state index is 13.5. The van der Waals surface area contributed by atoms with Crippen LogP contribution in [0.15, 0.2) is 75.9 Å². The molecule has 0 spiro atoms. The highest BCUT2D eigenvalue weighted by atomic mass is 35.5. The molecule has 0 radical (unpaired) electrons. The van der Waals surface area contributed by atoms with Gasteiger partial charge >= 0.3 is 0 Å². The van der Waals surface area contributed by atoms with Gasteiger partial charge in [0.25, 0.3) is 5.91 Å². The first-order chi connectivity index (χ1) is 17.1. The van der Waals surface area contributed by atoms with E-state index in [1.54, 1.807) is 49.4 Å². The van der Waals surface area contributed by atoms with Crippen LogP contribution >= 0.6 is 23.2 Å². The zero-order chi connectivity index (χ0) is 26.0. The van der Waals surface area contributed by atoms with Crippen molar-refractivity contribution in [2.45, 2.75) is 45.6 Å². The van der Waals surface area contributed by atoms with E-state index < -0.39 is 12.0 Å². The summed E-state index contributed by atoms with van der Waals surface area (Å²) in [6.45, 7) is 8.19. The highest BCUT2D eigenvalue weighted by molar-refractivity contribution is 6.35. The van der Waals surface area contributed by atoms with Gasteiger partial charge < -0.3 is 14.5 Å². The van der Waals surface area contributed by atoms with E-state index in [1.807, 2.05) is 24.3 Å². The summed E-state index contributed by atoms with van der Waals surface area (Å²) < 4.78 is 12.3. The van der Waals surface area contributed by atoms with E-state index in [9.17, 15) is 9.59 Å². The van der Waals surface area contributed by atoms with Crippen molar-refractivity contribution in [1.82, 2.24) is 0 Å². The van der Waals surface area contributed by atoms with Crippen LogP contribution in [0.25, 0.3) is 22.3 Å². The molecule has 7 heteroatoms. The van der Waals surface area contributed by atoms with Crippen molar-refractivity contribution in [3.05, 3.63) is 92.6 Å². The maximum absolute atomic E-state index is 13.5. The molecule has 1 amide bonds. The van der Waals surface area contributed by atoms with Crippen LogP contribution < -0.4 is 15.5 Å². The first-order valence-electron chi connectivity index (χ1n) is 11.7. The van der Waals surface area contributed by atoms with E-state index >= 15 is 0 Å². The Labute approximate surface area is 220 Å². The second kappa shape index (κ2) is 10.4. The van der Waals surface area contributed by atoms with Gasteiger partial charge in [-0.15, -0.1) is 0 Å². The minimum absolute atomic E-state index is 0.0108. The summed E-state index contributed by atoms with van der Waals surface area (Å²) in [6, 6.07) is 19.5. The third-order valence-corrected chi connectivity index (χ3v) is 6.26. The molecule has 1 N–H and O–H groups in total. The Morgan fingerprint density at radius 3 is 2.25 bits per heavy atom. The normalized spacial score (nSPS) is 12.4. The average Bonchev–Trinajstić information content (AvgIpc) is 2.82. The van der Waals surface area contributed by atoms with Crippen molar-refractivity contribution in [3.63, 3.8) is 0 Å². The number of carbonyl (C=O) groups is 1. The average molecular weight is 524 g/mol. The lowest BCUT2D eigenvalue weighted by Gasteiger charge is -2.20. The Morgan fingerprint density at radius 2 is 1.64 bits per heavy atom. The molecule has 3 aromatic carbocycles. The molecule has 0 fully saturated rings. The second-order valence-corrected chi connectivity index (χ2v) is 10.4. The van der Waals surface area contributed by atoms with Crippen molar-refractivity contribution >= 4 is 45.8 Å². The lowest BCUT2D eigenvalue weighted by atomic mass is 9.86. The molecule has 4 rings (SSSR count). The molecule has 0 bridgehead atoms. The minimum atomic E-state index is -0.959. The molecular weight excluding hydrogens is 497 g/mol. The van der Waals surface area contributed by atoms with E-state index in [-0.39, 0.29) is 22.4 Å². The zero-order valence-corrected chi connectivity index (χ0v) is 22.0. The van der Waals surface area contributed by atoms with Gasteiger partial charge in [-0.25, -0.2) is 0 Å². The van der Waals surface area contributed by atoms with Crippen molar-refractivity contribution < 1.29 is 13.9 Å². The molecule has 5 nitrogen and oxygen atoms in total. The second-order valence-electron chi connectivity index (χ2n) is 9.58. The standard InChI is InChI=1S/C29H27Cl2NO4/c1-5-23(28(34)32-21-15-19(30)14-20(31)16-21)35-27-25(33)22-8-6-7-9-24(22)36-26(27)17-10-12-18(13-11-17)29(2,3)4/h6-16,23H,5H2,1-4H3,(H,32,34). The predicted molar refractivity (Wildman–Crippen MR) is 146 cm³/mol. The Bertz CT molecular complexity index is 1450. The Morgan fingerprint density at radius 1 is 1.00 bits per heavy atom. The van der Waals surface area contributed by atoms with Gasteiger partial charge in [0.2, 0.25) is 11.2 Å². The summed E-state index contributed by atoms with van der Waals surface area (Å²) in [6.07, 6.45) is -0.645. The number of hydrogen-bond acceptors (Lipinski definition) is 4. The monoisotopic (exact) mass is 523 g/mol. The number of rotatable bonds is 6. The maximum Gasteiger partial charge on any atom is 0.265 e. The number of amides is 1. The van der Waals surface area contributed by atoms with E-state index in [0.717, 1.165) is 5.56 Å². The van der Waals surface area contributed by atoms with Gasteiger partial charge in [0.05, 0.1) is 5.39 Å². The van der Waals surface area contributed by atoms with Crippen molar-refractivity contribution in [3.8, 4) is 17.1 Å². The largest absolute Gasteiger partial charge is 0.473 e. The third-order valence-electron chi connectivity index (χ3n) is 5.82. The number of hydrogen-bond donors (Lipinski definition) is 1. The molecule has 36 heavy (non-hydrogen) atoms. The summed E-state index contributed by atoms with van der Waals surface area (Å²) in [5.74, 6) is -0.169. The molecule has 0 saturated heterocycles. The number of anilines is 1. The summed E-state index contributed by atoms with van der Waals surface area (Å²) in [4.78, 5) is 26.6. The van der Waals surface area contributed by atoms with Crippen molar-refractivity contribution in [2.75, 3.05) is 5.32 Å². The van der Waals surface area contributed by atoms with Crippen LogP contribution in [0.1, 0.15) is 39.7 Å². The molecule has 1 heterocycles. The molecule has 0 aliphatic rings. The van der Waals surface area contributed by atoms with E-state index in [1.165, 1.54) is 0 Å². The van der Waals surface area contributed by atoms with Gasteiger partial charge in [0.1, 0.15) is 5.58 Å². The van der Waals surface area contributed by atoms with Gasteiger partial charge in [0.15, 0.2) is 11.9 Å². The van der Waals surface area contributed by atoms with Crippen molar-refractivity contribution in [1.29, 1.82) is 0 Å². The molecule has 1 atom stereocenters. The van der Waals surface area contributed by atoms with Crippen LogP contribution in [0, 0.1) is 0 Å². The van der Waals surface area contributed by atoms with Gasteiger partial charge in [-0.2, -0.15) is 0 Å². The number of halogens is 2. The first-order valence-corrected chi connectivity index (χ1v) is 12.4. The number of fused-ring (bicyclic) bond motifs is 1. The lowest BCUT2D eigenvalue weighted by Crippen LogP contribution is -2.34. The van der Waals surface area contributed by atoms with Crippen molar-refractivity contribution in [2.24, 2.45) is 0 Å². The highest BCUT2D eigenvalue weighted by Gasteiger charge is 2.25. The van der Waals surface area contributed by atoms with Crippen LogP contribution in [-0.2, 0) is 10.2 Å². The van der Waals surface area contributed by atoms with Crippen LogP contribution in [0.2, 0.25) is 10.0 Å². The number of nitrogens with one attached hydrogen (secondary N) is 1. The van der Waals surface area contributed by atoms with Crippen LogP contribution in [0.3, 0.4) is 0 Å². The molecule has 1 aromatic heterocycles. The number of ether oxygens (including phenoxy) is 1. The van der Waals surface area contributed by atoms with E-state index in [2.05, 4.69) is 26.1 Å². The smallest absolute Gasteiger partial charge is 0.265 e. The predicted octanol–water partition coefficient (Wildman–Crippen LogP) is 7.86. The van der Waals surface area contributed by atoms with E-state index in [4.69, 9.17) is 32.4 Å². The van der Waals surface area contributed by atoms with Gasteiger partial charge in [0, 0.05) is 21.3 Å². The summed E-state index contributed by atoms with van der Waals surface area (Å²) >= 11 is 12.1. The topological polar surface area (TPSA) is 68.5 Å². The number of carbonyl (C=O) groups excluding carboxylic acids is 1. The van der Waals surface area contributed by atoms with Crippen LogP contribution in [0.4, 0.5) is 5.69 Å². The quantitative estimate of drug-likeness (QED) is 0.279. The molecule has 0 aliphatic carbocycles. The molecule has 4 aromatic rings. The molecule has 186 valence electrons. The zero-order valence-electron chi connectivity index (χ0n) is 20.5.